The molecule has 2 aliphatic rings. The molecular formula is C22H45IN4O3. The van der Waals surface area contributed by atoms with Crippen molar-refractivity contribution in [1.82, 2.24) is 15.5 Å². The molecule has 2 atom stereocenters. The van der Waals surface area contributed by atoms with Crippen molar-refractivity contribution in [2.45, 2.75) is 52.5 Å². The Kier molecular flexibility index (Phi) is 16.2. The molecule has 2 saturated heterocycles. The first-order valence-corrected chi connectivity index (χ1v) is 11.8. The molecule has 0 bridgehead atoms. The van der Waals surface area contributed by atoms with Crippen LogP contribution in [0.1, 0.15) is 46.5 Å². The van der Waals surface area contributed by atoms with Gasteiger partial charge in [-0.1, -0.05) is 26.7 Å². The molecular weight excluding hydrogens is 495 g/mol. The standard InChI is InChI=1S/C22H44N4O3.HI/c1-4-20(5-2)21(26-10-14-27-15-11-26)16-25-22(23-6-3)24-9-7-12-28-17-19-8-13-29-18-19;/h19-21H,4-18H2,1-3H3,(H2,23,24,25);1H. The molecule has 0 amide bonds. The molecule has 0 aromatic heterocycles. The molecule has 30 heavy (non-hydrogen) atoms. The first-order valence-electron chi connectivity index (χ1n) is 11.8. The number of morpholine rings is 1. The second-order valence-corrected chi connectivity index (χ2v) is 8.10. The van der Waals surface area contributed by atoms with Gasteiger partial charge in [0.15, 0.2) is 5.96 Å². The Bertz CT molecular complexity index is 440. The lowest BCUT2D eigenvalue weighted by molar-refractivity contribution is 0.00395. The maximum Gasteiger partial charge on any atom is 0.191 e. The predicted molar refractivity (Wildman–Crippen MR) is 134 cm³/mol. The second-order valence-electron chi connectivity index (χ2n) is 8.10. The summed E-state index contributed by atoms with van der Waals surface area (Å²) >= 11 is 0. The Hall–Kier alpha value is -0.160. The van der Waals surface area contributed by atoms with Crippen LogP contribution in [-0.4, -0.2) is 89.3 Å². The van der Waals surface area contributed by atoms with Crippen molar-refractivity contribution in [3.8, 4) is 0 Å². The lowest BCUT2D eigenvalue weighted by Gasteiger charge is -2.38. The number of nitrogens with zero attached hydrogens (tertiary/aromatic N) is 2. The van der Waals surface area contributed by atoms with E-state index in [0.717, 1.165) is 91.2 Å². The van der Waals surface area contributed by atoms with E-state index in [1.807, 2.05) is 0 Å². The van der Waals surface area contributed by atoms with Gasteiger partial charge in [-0.3, -0.25) is 9.89 Å². The zero-order valence-electron chi connectivity index (χ0n) is 19.4. The maximum atomic E-state index is 5.80. The smallest absolute Gasteiger partial charge is 0.191 e. The molecule has 7 nitrogen and oxygen atoms in total. The first-order chi connectivity index (χ1) is 14.3. The van der Waals surface area contributed by atoms with Crippen LogP contribution in [0.15, 0.2) is 4.99 Å². The van der Waals surface area contributed by atoms with Gasteiger partial charge >= 0.3 is 0 Å². The van der Waals surface area contributed by atoms with Gasteiger partial charge in [0.1, 0.15) is 0 Å². The minimum atomic E-state index is 0. The van der Waals surface area contributed by atoms with Gasteiger partial charge in [0, 0.05) is 51.4 Å². The Morgan fingerprint density at radius 2 is 1.87 bits per heavy atom. The fourth-order valence-corrected chi connectivity index (χ4v) is 4.18. The number of ether oxygens (including phenoxy) is 3. The number of aliphatic imine (C=N–C) groups is 1. The molecule has 8 heteroatoms. The summed E-state index contributed by atoms with van der Waals surface area (Å²) in [6, 6.07) is 0.487. The van der Waals surface area contributed by atoms with Crippen LogP contribution in [0.25, 0.3) is 0 Å². The minimum absolute atomic E-state index is 0. The molecule has 0 aromatic rings. The predicted octanol–water partition coefficient (Wildman–Crippen LogP) is 2.74. The quantitative estimate of drug-likeness (QED) is 0.162. The third-order valence-corrected chi connectivity index (χ3v) is 6.02. The van der Waals surface area contributed by atoms with E-state index < -0.39 is 0 Å². The summed E-state index contributed by atoms with van der Waals surface area (Å²) in [6.45, 7) is 16.4. The van der Waals surface area contributed by atoms with Crippen molar-refractivity contribution in [3.05, 3.63) is 0 Å². The zero-order chi connectivity index (χ0) is 20.7. The highest BCUT2D eigenvalue weighted by Gasteiger charge is 2.26. The molecule has 0 saturated carbocycles. The second kappa shape index (κ2) is 17.4. The van der Waals surface area contributed by atoms with Gasteiger partial charge < -0.3 is 24.8 Å². The third kappa shape index (κ3) is 10.4. The summed E-state index contributed by atoms with van der Waals surface area (Å²) in [6.07, 6.45) is 4.51. The van der Waals surface area contributed by atoms with Crippen molar-refractivity contribution < 1.29 is 14.2 Å². The topological polar surface area (TPSA) is 67.4 Å². The van der Waals surface area contributed by atoms with Crippen molar-refractivity contribution in [2.75, 3.05) is 72.4 Å². The lowest BCUT2D eigenvalue weighted by Crippen LogP contribution is -2.49. The lowest BCUT2D eigenvalue weighted by atomic mass is 9.92. The fraction of sp³-hybridized carbons (Fsp3) is 0.955. The number of rotatable bonds is 13. The molecule has 178 valence electrons. The van der Waals surface area contributed by atoms with Crippen molar-refractivity contribution >= 4 is 29.9 Å². The molecule has 0 spiro atoms. The van der Waals surface area contributed by atoms with Gasteiger partial charge in [0.2, 0.25) is 0 Å². The summed E-state index contributed by atoms with van der Waals surface area (Å²) < 4.78 is 16.7. The van der Waals surface area contributed by atoms with Gasteiger partial charge in [-0.2, -0.15) is 0 Å². The van der Waals surface area contributed by atoms with Crippen LogP contribution >= 0.6 is 24.0 Å². The maximum absolute atomic E-state index is 5.80. The number of hydrogen-bond acceptors (Lipinski definition) is 5. The van der Waals surface area contributed by atoms with Crippen LogP contribution in [0.2, 0.25) is 0 Å². The number of hydrogen-bond donors (Lipinski definition) is 2. The number of guanidine groups is 1. The SMILES string of the molecule is CCNC(=NCC(C(CC)CC)N1CCOCC1)NCCCOCC1CCOC1.I. The van der Waals surface area contributed by atoms with E-state index in [0.29, 0.717) is 17.9 Å². The normalized spacial score (nSPS) is 21.5. The number of nitrogens with one attached hydrogen (secondary N) is 2. The Balaban J connectivity index is 0.00000450. The van der Waals surface area contributed by atoms with Crippen LogP contribution in [0.3, 0.4) is 0 Å². The van der Waals surface area contributed by atoms with Crippen molar-refractivity contribution in [3.63, 3.8) is 0 Å². The molecule has 0 aromatic carbocycles. The van der Waals surface area contributed by atoms with Gasteiger partial charge in [-0.05, 0) is 25.7 Å². The Morgan fingerprint density at radius 1 is 1.10 bits per heavy atom. The van der Waals surface area contributed by atoms with Crippen LogP contribution < -0.4 is 10.6 Å². The van der Waals surface area contributed by atoms with E-state index in [1.165, 1.54) is 12.8 Å². The minimum Gasteiger partial charge on any atom is -0.381 e. The van der Waals surface area contributed by atoms with E-state index in [9.17, 15) is 0 Å². The molecule has 2 unspecified atom stereocenters. The highest BCUT2D eigenvalue weighted by Crippen LogP contribution is 2.20. The van der Waals surface area contributed by atoms with E-state index >= 15 is 0 Å². The molecule has 0 aliphatic carbocycles. The van der Waals surface area contributed by atoms with Crippen LogP contribution in [0.4, 0.5) is 0 Å². The Labute approximate surface area is 201 Å². The highest BCUT2D eigenvalue weighted by molar-refractivity contribution is 14.0. The zero-order valence-corrected chi connectivity index (χ0v) is 21.7. The average Bonchev–Trinajstić information content (AvgIpc) is 3.27. The number of halogens is 1. The fourth-order valence-electron chi connectivity index (χ4n) is 4.18. The highest BCUT2D eigenvalue weighted by atomic mass is 127. The van der Waals surface area contributed by atoms with E-state index in [-0.39, 0.29) is 24.0 Å². The van der Waals surface area contributed by atoms with E-state index in [2.05, 4.69) is 36.3 Å². The van der Waals surface area contributed by atoms with Crippen LogP contribution in [0, 0.1) is 11.8 Å². The molecule has 2 rings (SSSR count). The molecule has 0 radical (unpaired) electrons. The first kappa shape index (κ1) is 27.9. The van der Waals surface area contributed by atoms with E-state index in [1.54, 1.807) is 0 Å². The molecule has 2 aliphatic heterocycles. The van der Waals surface area contributed by atoms with Crippen molar-refractivity contribution in [2.24, 2.45) is 16.8 Å². The van der Waals surface area contributed by atoms with Crippen molar-refractivity contribution in [1.29, 1.82) is 0 Å². The summed E-state index contributed by atoms with van der Waals surface area (Å²) in [5.74, 6) is 2.18. The van der Waals surface area contributed by atoms with Gasteiger partial charge in [-0.15, -0.1) is 24.0 Å². The molecule has 2 fully saturated rings. The summed E-state index contributed by atoms with van der Waals surface area (Å²) in [5, 5.41) is 6.86. The molecule has 2 heterocycles. The van der Waals surface area contributed by atoms with Gasteiger partial charge in [0.05, 0.1) is 33.0 Å². The molecule has 2 N–H and O–H groups in total. The third-order valence-electron chi connectivity index (χ3n) is 6.02. The monoisotopic (exact) mass is 540 g/mol. The average molecular weight is 541 g/mol. The van der Waals surface area contributed by atoms with Gasteiger partial charge in [-0.25, -0.2) is 0 Å². The summed E-state index contributed by atoms with van der Waals surface area (Å²) in [7, 11) is 0. The van der Waals surface area contributed by atoms with Crippen LogP contribution in [-0.2, 0) is 14.2 Å². The summed E-state index contributed by atoms with van der Waals surface area (Å²) in [5.41, 5.74) is 0. The van der Waals surface area contributed by atoms with E-state index in [4.69, 9.17) is 19.2 Å². The Morgan fingerprint density at radius 3 is 2.50 bits per heavy atom. The van der Waals surface area contributed by atoms with Gasteiger partial charge in [0.25, 0.3) is 0 Å². The largest absolute Gasteiger partial charge is 0.381 e. The van der Waals surface area contributed by atoms with Crippen LogP contribution in [0.5, 0.6) is 0 Å². The summed E-state index contributed by atoms with van der Waals surface area (Å²) in [4.78, 5) is 7.52.